The first kappa shape index (κ1) is 16.1. The van der Waals surface area contributed by atoms with Crippen LogP contribution in [-0.2, 0) is 11.3 Å². The molecule has 0 heterocycles. The van der Waals surface area contributed by atoms with Crippen LogP contribution in [0.4, 0.5) is 0 Å². The SMILES string of the molecule is Cc1cccc(CNC(=O)[C@H](C)Oc2ccc(C)c(C)c2)c1. The molecule has 0 aliphatic heterocycles. The van der Waals surface area contributed by atoms with Crippen LogP contribution in [0.25, 0.3) is 0 Å². The molecule has 0 fully saturated rings. The molecule has 22 heavy (non-hydrogen) atoms. The van der Waals surface area contributed by atoms with Gasteiger partial charge < -0.3 is 10.1 Å². The average molecular weight is 297 g/mol. The number of rotatable bonds is 5. The van der Waals surface area contributed by atoms with E-state index in [0.717, 1.165) is 16.9 Å². The zero-order chi connectivity index (χ0) is 16.1. The predicted molar refractivity (Wildman–Crippen MR) is 89.0 cm³/mol. The van der Waals surface area contributed by atoms with E-state index in [1.54, 1.807) is 6.92 Å². The van der Waals surface area contributed by atoms with Crippen LogP contribution in [0.3, 0.4) is 0 Å². The van der Waals surface area contributed by atoms with Gasteiger partial charge in [0.15, 0.2) is 6.10 Å². The van der Waals surface area contributed by atoms with E-state index >= 15 is 0 Å². The van der Waals surface area contributed by atoms with Gasteiger partial charge in [-0.2, -0.15) is 0 Å². The zero-order valence-electron chi connectivity index (χ0n) is 13.6. The minimum absolute atomic E-state index is 0.111. The summed E-state index contributed by atoms with van der Waals surface area (Å²) in [5, 5.41) is 2.91. The molecule has 2 aromatic rings. The van der Waals surface area contributed by atoms with Gasteiger partial charge in [-0.1, -0.05) is 35.9 Å². The minimum atomic E-state index is -0.521. The minimum Gasteiger partial charge on any atom is -0.481 e. The number of amides is 1. The lowest BCUT2D eigenvalue weighted by Crippen LogP contribution is -2.35. The lowest BCUT2D eigenvalue weighted by atomic mass is 10.1. The summed E-state index contributed by atoms with van der Waals surface area (Å²) in [6, 6.07) is 14.0. The van der Waals surface area contributed by atoms with Crippen molar-refractivity contribution in [1.82, 2.24) is 5.32 Å². The molecule has 0 unspecified atom stereocenters. The van der Waals surface area contributed by atoms with Crippen molar-refractivity contribution in [3.8, 4) is 5.75 Å². The molecule has 0 aliphatic carbocycles. The highest BCUT2D eigenvalue weighted by Gasteiger charge is 2.14. The molecule has 3 heteroatoms. The number of hydrogen-bond donors (Lipinski definition) is 1. The Hall–Kier alpha value is -2.29. The summed E-state index contributed by atoms with van der Waals surface area (Å²) in [6.45, 7) is 8.40. The maximum atomic E-state index is 12.1. The van der Waals surface area contributed by atoms with Crippen molar-refractivity contribution in [1.29, 1.82) is 0 Å². The molecule has 1 atom stereocenters. The van der Waals surface area contributed by atoms with E-state index in [4.69, 9.17) is 4.74 Å². The van der Waals surface area contributed by atoms with Gasteiger partial charge in [-0.05, 0) is 56.5 Å². The maximum absolute atomic E-state index is 12.1. The highest BCUT2D eigenvalue weighted by Crippen LogP contribution is 2.17. The van der Waals surface area contributed by atoms with Crippen molar-refractivity contribution in [3.05, 3.63) is 64.7 Å². The molecular formula is C19H23NO2. The van der Waals surface area contributed by atoms with Gasteiger partial charge in [-0.15, -0.1) is 0 Å². The van der Waals surface area contributed by atoms with E-state index in [-0.39, 0.29) is 5.91 Å². The van der Waals surface area contributed by atoms with Gasteiger partial charge in [-0.25, -0.2) is 0 Å². The van der Waals surface area contributed by atoms with Crippen LogP contribution in [0.2, 0.25) is 0 Å². The van der Waals surface area contributed by atoms with Crippen molar-refractivity contribution >= 4 is 5.91 Å². The van der Waals surface area contributed by atoms with Gasteiger partial charge in [0.1, 0.15) is 5.75 Å². The van der Waals surface area contributed by atoms with E-state index in [1.165, 1.54) is 11.1 Å². The topological polar surface area (TPSA) is 38.3 Å². The smallest absolute Gasteiger partial charge is 0.261 e. The Labute approximate surface area is 132 Å². The Morgan fingerprint density at radius 1 is 1.09 bits per heavy atom. The van der Waals surface area contributed by atoms with E-state index in [0.29, 0.717) is 6.54 Å². The van der Waals surface area contributed by atoms with Crippen molar-refractivity contribution in [2.24, 2.45) is 0 Å². The number of ether oxygens (including phenoxy) is 1. The monoisotopic (exact) mass is 297 g/mol. The standard InChI is InChI=1S/C19H23NO2/c1-13-6-5-7-17(10-13)12-20-19(21)16(4)22-18-9-8-14(2)15(3)11-18/h5-11,16H,12H2,1-4H3,(H,20,21)/t16-/m0/s1. The van der Waals surface area contributed by atoms with Crippen molar-refractivity contribution in [2.75, 3.05) is 0 Å². The number of carbonyl (C=O) groups excluding carboxylic acids is 1. The molecule has 0 saturated carbocycles. The second-order valence-electron chi connectivity index (χ2n) is 5.71. The lowest BCUT2D eigenvalue weighted by Gasteiger charge is -2.15. The molecule has 0 saturated heterocycles. The third-order valence-electron chi connectivity index (χ3n) is 3.71. The van der Waals surface area contributed by atoms with Crippen LogP contribution in [-0.4, -0.2) is 12.0 Å². The summed E-state index contributed by atoms with van der Waals surface area (Å²) in [5.74, 6) is 0.612. The first-order valence-corrected chi connectivity index (χ1v) is 7.53. The summed E-state index contributed by atoms with van der Waals surface area (Å²) >= 11 is 0. The van der Waals surface area contributed by atoms with Crippen molar-refractivity contribution in [3.63, 3.8) is 0 Å². The normalized spacial score (nSPS) is 11.8. The van der Waals surface area contributed by atoms with Gasteiger partial charge in [0.05, 0.1) is 0 Å². The Kier molecular flexibility index (Phi) is 5.21. The molecule has 0 radical (unpaired) electrons. The van der Waals surface area contributed by atoms with Crippen LogP contribution < -0.4 is 10.1 Å². The lowest BCUT2D eigenvalue weighted by molar-refractivity contribution is -0.127. The molecule has 2 rings (SSSR count). The maximum Gasteiger partial charge on any atom is 0.261 e. The second kappa shape index (κ2) is 7.12. The van der Waals surface area contributed by atoms with Gasteiger partial charge in [0.2, 0.25) is 0 Å². The van der Waals surface area contributed by atoms with Gasteiger partial charge in [0, 0.05) is 6.54 Å². The Morgan fingerprint density at radius 2 is 1.86 bits per heavy atom. The highest BCUT2D eigenvalue weighted by atomic mass is 16.5. The fourth-order valence-corrected chi connectivity index (χ4v) is 2.20. The third-order valence-corrected chi connectivity index (χ3v) is 3.71. The number of hydrogen-bond acceptors (Lipinski definition) is 2. The number of aryl methyl sites for hydroxylation is 3. The van der Waals surface area contributed by atoms with Crippen LogP contribution in [0, 0.1) is 20.8 Å². The Balaban J connectivity index is 1.90. The first-order valence-electron chi connectivity index (χ1n) is 7.53. The fraction of sp³-hybridized carbons (Fsp3) is 0.316. The van der Waals surface area contributed by atoms with E-state index in [1.807, 2.05) is 50.2 Å². The molecule has 3 nitrogen and oxygen atoms in total. The second-order valence-corrected chi connectivity index (χ2v) is 5.71. The third kappa shape index (κ3) is 4.35. The molecule has 0 spiro atoms. The first-order chi connectivity index (χ1) is 10.5. The fourth-order valence-electron chi connectivity index (χ4n) is 2.20. The Morgan fingerprint density at radius 3 is 2.55 bits per heavy atom. The predicted octanol–water partition coefficient (Wildman–Crippen LogP) is 3.70. The van der Waals surface area contributed by atoms with E-state index in [2.05, 4.69) is 18.3 Å². The summed E-state index contributed by atoms with van der Waals surface area (Å²) in [5.41, 5.74) is 4.65. The van der Waals surface area contributed by atoms with Crippen molar-refractivity contribution < 1.29 is 9.53 Å². The molecule has 1 N–H and O–H groups in total. The molecular weight excluding hydrogens is 274 g/mol. The molecule has 0 bridgehead atoms. The zero-order valence-corrected chi connectivity index (χ0v) is 13.6. The average Bonchev–Trinajstić information content (AvgIpc) is 2.48. The number of carbonyl (C=O) groups is 1. The summed E-state index contributed by atoms with van der Waals surface area (Å²) < 4.78 is 5.71. The molecule has 0 aromatic heterocycles. The number of benzene rings is 2. The van der Waals surface area contributed by atoms with Crippen LogP contribution in [0.15, 0.2) is 42.5 Å². The van der Waals surface area contributed by atoms with Gasteiger partial charge in [-0.3, -0.25) is 4.79 Å². The summed E-state index contributed by atoms with van der Waals surface area (Å²) in [6.07, 6.45) is -0.521. The van der Waals surface area contributed by atoms with E-state index in [9.17, 15) is 4.79 Å². The van der Waals surface area contributed by atoms with Crippen LogP contribution in [0.5, 0.6) is 5.75 Å². The summed E-state index contributed by atoms with van der Waals surface area (Å²) in [4.78, 5) is 12.1. The quantitative estimate of drug-likeness (QED) is 0.914. The Bertz CT molecular complexity index is 664. The van der Waals surface area contributed by atoms with Gasteiger partial charge in [0.25, 0.3) is 5.91 Å². The van der Waals surface area contributed by atoms with E-state index < -0.39 is 6.10 Å². The van der Waals surface area contributed by atoms with Gasteiger partial charge >= 0.3 is 0 Å². The number of nitrogens with one attached hydrogen (secondary N) is 1. The molecule has 0 aliphatic rings. The van der Waals surface area contributed by atoms with Crippen LogP contribution >= 0.6 is 0 Å². The molecule has 116 valence electrons. The molecule has 2 aromatic carbocycles. The largest absolute Gasteiger partial charge is 0.481 e. The van der Waals surface area contributed by atoms with Crippen LogP contribution in [0.1, 0.15) is 29.2 Å². The summed E-state index contributed by atoms with van der Waals surface area (Å²) in [7, 11) is 0. The highest BCUT2D eigenvalue weighted by molar-refractivity contribution is 5.80. The molecule has 1 amide bonds. The van der Waals surface area contributed by atoms with Crippen molar-refractivity contribution in [2.45, 2.75) is 40.3 Å².